The van der Waals surface area contributed by atoms with Gasteiger partial charge in [0.05, 0.1) is 0 Å². The van der Waals surface area contributed by atoms with Gasteiger partial charge in [0.25, 0.3) is 0 Å². The summed E-state index contributed by atoms with van der Waals surface area (Å²) in [5.74, 6) is 4.88. The molecule has 4 aliphatic rings. The Hall–Kier alpha value is -0.560. The molecule has 0 heterocycles. The van der Waals surface area contributed by atoms with Crippen molar-refractivity contribution >= 4 is 0 Å². The number of allylic oxidation sites excluding steroid dienone is 3. The van der Waals surface area contributed by atoms with E-state index >= 15 is 0 Å². The molecule has 0 bridgehead atoms. The van der Waals surface area contributed by atoms with Crippen LogP contribution < -0.4 is 0 Å². The number of hydrogen-bond acceptors (Lipinski definition) is 1. The summed E-state index contributed by atoms with van der Waals surface area (Å²) in [7, 11) is 0. The minimum absolute atomic E-state index is 0.296. The topological polar surface area (TPSA) is 20.2 Å². The smallest absolute Gasteiger partial charge is 0.0436 e. The van der Waals surface area contributed by atoms with Crippen LogP contribution in [0.5, 0.6) is 0 Å². The lowest BCUT2D eigenvalue weighted by molar-refractivity contribution is -0.00817. The molecule has 170 valence electrons. The molecular formula is C29H48O. The fourth-order valence-electron chi connectivity index (χ4n) is 8.98. The van der Waals surface area contributed by atoms with Gasteiger partial charge in [-0.1, -0.05) is 57.4 Å². The van der Waals surface area contributed by atoms with Gasteiger partial charge < -0.3 is 5.11 Å². The first-order valence-electron chi connectivity index (χ1n) is 13.3. The Morgan fingerprint density at radius 1 is 1.03 bits per heavy atom. The highest BCUT2D eigenvalue weighted by atomic mass is 16.3. The molecule has 1 nitrogen and oxygen atoms in total. The lowest BCUT2D eigenvalue weighted by Gasteiger charge is -2.57. The molecule has 0 saturated heterocycles. The monoisotopic (exact) mass is 412 g/mol. The predicted molar refractivity (Wildman–Crippen MR) is 128 cm³/mol. The van der Waals surface area contributed by atoms with Gasteiger partial charge in [-0.25, -0.2) is 0 Å². The van der Waals surface area contributed by atoms with Crippen LogP contribution in [0.3, 0.4) is 0 Å². The molecule has 1 heteroatoms. The summed E-state index contributed by atoms with van der Waals surface area (Å²) in [5.41, 5.74) is 4.30. The summed E-state index contributed by atoms with van der Waals surface area (Å²) >= 11 is 0. The normalized spacial score (nSPS) is 42.5. The summed E-state index contributed by atoms with van der Waals surface area (Å²) in [6.07, 6.45) is 19.2. The summed E-state index contributed by atoms with van der Waals surface area (Å²) < 4.78 is 0. The van der Waals surface area contributed by atoms with E-state index in [-0.39, 0.29) is 0 Å². The molecular weight excluding hydrogens is 364 g/mol. The lowest BCUT2D eigenvalue weighted by atomic mass is 9.48. The predicted octanol–water partition coefficient (Wildman–Crippen LogP) is 7.95. The highest BCUT2D eigenvalue weighted by Crippen LogP contribution is 2.67. The Kier molecular flexibility index (Phi) is 6.61. The van der Waals surface area contributed by atoms with Gasteiger partial charge in [0, 0.05) is 6.61 Å². The van der Waals surface area contributed by atoms with Gasteiger partial charge in [0.1, 0.15) is 0 Å². The maximum Gasteiger partial charge on any atom is 0.0436 e. The van der Waals surface area contributed by atoms with Gasteiger partial charge >= 0.3 is 0 Å². The first-order valence-corrected chi connectivity index (χ1v) is 13.3. The van der Waals surface area contributed by atoms with E-state index < -0.39 is 0 Å². The van der Waals surface area contributed by atoms with Crippen LogP contribution in [0.2, 0.25) is 0 Å². The van der Waals surface area contributed by atoms with Crippen molar-refractivity contribution in [2.75, 3.05) is 6.61 Å². The minimum Gasteiger partial charge on any atom is -0.396 e. The van der Waals surface area contributed by atoms with E-state index in [4.69, 9.17) is 0 Å². The van der Waals surface area contributed by atoms with E-state index in [1.807, 2.05) is 5.57 Å². The molecule has 8 atom stereocenters. The van der Waals surface area contributed by atoms with Crippen LogP contribution in [0.1, 0.15) is 105 Å². The number of rotatable bonds is 7. The number of hydrogen-bond donors (Lipinski definition) is 1. The van der Waals surface area contributed by atoms with E-state index in [2.05, 4.69) is 40.3 Å². The van der Waals surface area contributed by atoms with Crippen molar-refractivity contribution in [2.45, 2.75) is 105 Å². The summed E-state index contributed by atoms with van der Waals surface area (Å²) in [4.78, 5) is 0. The van der Waals surface area contributed by atoms with Crippen molar-refractivity contribution in [3.63, 3.8) is 0 Å². The van der Waals surface area contributed by atoms with Crippen molar-refractivity contribution in [1.82, 2.24) is 0 Å². The Bertz CT molecular complexity index is 661. The summed E-state index contributed by atoms with van der Waals surface area (Å²) in [6.45, 7) is 14.5. The third kappa shape index (κ3) is 3.76. The first kappa shape index (κ1) is 22.6. The molecule has 1 N–H and O–H groups in total. The molecule has 0 spiro atoms. The second-order valence-electron chi connectivity index (χ2n) is 12.3. The van der Waals surface area contributed by atoms with Crippen molar-refractivity contribution in [3.8, 4) is 0 Å². The second-order valence-corrected chi connectivity index (χ2v) is 12.3. The van der Waals surface area contributed by atoms with Gasteiger partial charge in [-0.05, 0) is 117 Å². The molecule has 3 saturated carbocycles. The molecule has 0 amide bonds. The highest BCUT2D eigenvalue weighted by molar-refractivity contribution is 5.27. The number of fused-ring (bicyclic) bond motifs is 5. The van der Waals surface area contributed by atoms with E-state index in [1.165, 1.54) is 76.2 Å². The van der Waals surface area contributed by atoms with Crippen molar-refractivity contribution in [1.29, 1.82) is 0 Å². The minimum atomic E-state index is 0.296. The van der Waals surface area contributed by atoms with Crippen molar-refractivity contribution in [3.05, 3.63) is 23.8 Å². The molecule has 4 aliphatic carbocycles. The molecule has 0 aliphatic heterocycles. The van der Waals surface area contributed by atoms with Crippen LogP contribution in [0.25, 0.3) is 0 Å². The van der Waals surface area contributed by atoms with Crippen molar-refractivity contribution < 1.29 is 5.11 Å². The van der Waals surface area contributed by atoms with Gasteiger partial charge in [-0.3, -0.25) is 0 Å². The number of aliphatic hydroxyl groups is 1. The van der Waals surface area contributed by atoms with Gasteiger partial charge in [0.2, 0.25) is 0 Å². The van der Waals surface area contributed by atoms with Crippen molar-refractivity contribution in [2.24, 2.45) is 46.3 Å². The zero-order valence-electron chi connectivity index (χ0n) is 20.4. The lowest BCUT2D eigenvalue weighted by Crippen LogP contribution is -2.48. The molecule has 0 aromatic heterocycles. The first-order chi connectivity index (χ1) is 14.3. The Labute approximate surface area is 186 Å². The van der Waals surface area contributed by atoms with Crippen LogP contribution in [0, 0.1) is 46.3 Å². The van der Waals surface area contributed by atoms with Crippen LogP contribution in [-0.4, -0.2) is 11.7 Å². The van der Waals surface area contributed by atoms with Crippen LogP contribution >= 0.6 is 0 Å². The van der Waals surface area contributed by atoms with E-state index in [0.29, 0.717) is 23.4 Å². The fraction of sp³-hybridized carbons (Fsp3) is 0.862. The maximum absolute atomic E-state index is 9.42. The molecule has 0 aromatic rings. The third-order valence-electron chi connectivity index (χ3n) is 10.9. The van der Waals surface area contributed by atoms with E-state index in [1.54, 1.807) is 0 Å². The highest BCUT2D eigenvalue weighted by Gasteiger charge is 2.57. The average Bonchev–Trinajstić information content (AvgIpc) is 3.07. The molecule has 30 heavy (non-hydrogen) atoms. The maximum atomic E-state index is 9.42. The molecule has 1 unspecified atom stereocenters. The summed E-state index contributed by atoms with van der Waals surface area (Å²) in [5, 5.41) is 9.42. The van der Waals surface area contributed by atoms with Gasteiger partial charge in [-0.2, -0.15) is 0 Å². The zero-order chi connectivity index (χ0) is 21.5. The number of aliphatic hydroxyl groups excluding tert-OH is 1. The van der Waals surface area contributed by atoms with Gasteiger partial charge in [-0.15, -0.1) is 0 Å². The third-order valence-corrected chi connectivity index (χ3v) is 10.9. The molecule has 4 rings (SSSR count). The summed E-state index contributed by atoms with van der Waals surface area (Å²) in [6, 6.07) is 0. The van der Waals surface area contributed by atoms with E-state index in [0.717, 1.165) is 36.0 Å². The Morgan fingerprint density at radius 3 is 2.53 bits per heavy atom. The average molecular weight is 413 g/mol. The quantitative estimate of drug-likeness (QED) is 0.421. The largest absolute Gasteiger partial charge is 0.396 e. The molecule has 3 fully saturated rings. The molecule has 0 radical (unpaired) electrons. The molecule has 0 aromatic carbocycles. The van der Waals surface area contributed by atoms with Crippen LogP contribution in [-0.2, 0) is 0 Å². The standard InChI is InChI=1S/C29H48O/c1-20(2)22(16-19-30)10-9-21(3)25-13-14-26-24-12-11-23-8-6-7-17-28(23,4)27(24)15-18-29(25,26)5/h12,21-23,25-27,30H,1,6-11,13-19H2,2-5H3/t21-,22-,23?,25-,26+,27+,28+,29-/m1/s1. The zero-order valence-corrected chi connectivity index (χ0v) is 20.4. The Balaban J connectivity index is 1.47. The van der Waals surface area contributed by atoms with Gasteiger partial charge in [0.15, 0.2) is 0 Å². The van der Waals surface area contributed by atoms with E-state index in [9.17, 15) is 5.11 Å². The fourth-order valence-corrected chi connectivity index (χ4v) is 8.98. The Morgan fingerprint density at radius 2 is 1.80 bits per heavy atom. The second kappa shape index (κ2) is 8.76. The van der Waals surface area contributed by atoms with Crippen LogP contribution in [0.15, 0.2) is 23.8 Å². The van der Waals surface area contributed by atoms with Crippen LogP contribution in [0.4, 0.5) is 0 Å². The SMILES string of the molecule is C=C(C)[C@@H](CCO)CC[C@@H](C)[C@H]1CC[C@H]2C3=CCC4CCCC[C@]4(C)[C@H]3CC[C@]12C.